The molecule has 10 nitrogen and oxygen atoms in total. The van der Waals surface area contributed by atoms with Gasteiger partial charge in [0.2, 0.25) is 0 Å². The number of hydrogen-bond donors (Lipinski definition) is 1. The number of oxime groups is 1. The van der Waals surface area contributed by atoms with E-state index in [2.05, 4.69) is 16.9 Å². The second-order valence-electron chi connectivity index (χ2n) is 8.87. The highest BCUT2D eigenvalue weighted by molar-refractivity contribution is 7.90. The van der Waals surface area contributed by atoms with Gasteiger partial charge in [-0.05, 0) is 39.3 Å². The molecule has 0 radical (unpaired) electrons. The molecule has 1 N–H and O–H groups in total. The zero-order chi connectivity index (χ0) is 24.8. The summed E-state index contributed by atoms with van der Waals surface area (Å²) in [5, 5.41) is 3.60. The molecule has 190 valence electrons. The van der Waals surface area contributed by atoms with E-state index in [9.17, 15) is 13.2 Å². The van der Waals surface area contributed by atoms with Crippen molar-refractivity contribution in [1.82, 2.24) is 4.72 Å². The van der Waals surface area contributed by atoms with Crippen LogP contribution >= 0.6 is 0 Å². The van der Waals surface area contributed by atoms with Crippen LogP contribution in [0.5, 0.6) is 0 Å². The van der Waals surface area contributed by atoms with E-state index in [1.807, 2.05) is 11.6 Å². The minimum absolute atomic E-state index is 0.0607. The van der Waals surface area contributed by atoms with Gasteiger partial charge in [0.1, 0.15) is 18.3 Å². The van der Waals surface area contributed by atoms with Crippen LogP contribution in [0.15, 0.2) is 34.3 Å². The first-order valence-electron chi connectivity index (χ1n) is 11.6. The molecule has 0 aliphatic carbocycles. The van der Waals surface area contributed by atoms with Crippen LogP contribution in [0.2, 0.25) is 0 Å². The Morgan fingerprint density at radius 1 is 1.12 bits per heavy atom. The summed E-state index contributed by atoms with van der Waals surface area (Å²) in [6.07, 6.45) is 3.23. The van der Waals surface area contributed by atoms with Gasteiger partial charge in [-0.25, -0.2) is 17.9 Å². The fraction of sp³-hybridized carbons (Fsp3) is 0.652. The summed E-state index contributed by atoms with van der Waals surface area (Å²) in [7, 11) is -4.08. The van der Waals surface area contributed by atoms with Gasteiger partial charge >= 0.3 is 6.09 Å². The van der Waals surface area contributed by atoms with E-state index in [4.69, 9.17) is 18.9 Å². The Morgan fingerprint density at radius 2 is 1.79 bits per heavy atom. The normalized spacial score (nSPS) is 26.0. The number of nitrogens with zero attached hydrogens (tertiary/aromatic N) is 1. The lowest BCUT2D eigenvalue weighted by Gasteiger charge is -2.23. The number of sulfonamides is 1. The SMILES string of the molecule is CCCCCCCO[C@H]1O[C@H](C=NOC(=O)NS(=O)(=O)c2ccc(C)cc2)[C@@H]2OC(C)(C)O[C@H]12. The number of fused-ring (bicyclic) bond motifs is 1. The standard InChI is InChI=1S/C23H34N2O8S/c1-5-6-7-8-9-14-29-21-20-19(31-23(3,4)32-20)18(30-21)15-24-33-22(26)25-34(27,28)17-12-10-16(2)11-13-17/h10-13,15,18-21H,5-9,14H2,1-4H3,(H,25,26)/t18-,19+,20+,21+/m1/s1. The van der Waals surface area contributed by atoms with Gasteiger partial charge in [0.05, 0.1) is 11.1 Å². The number of benzene rings is 1. The van der Waals surface area contributed by atoms with Gasteiger partial charge in [0.25, 0.3) is 10.0 Å². The van der Waals surface area contributed by atoms with Crippen molar-refractivity contribution in [2.24, 2.45) is 5.16 Å². The fourth-order valence-electron chi connectivity index (χ4n) is 3.79. The van der Waals surface area contributed by atoms with E-state index in [1.54, 1.807) is 26.0 Å². The lowest BCUT2D eigenvalue weighted by atomic mass is 10.1. The minimum atomic E-state index is -4.08. The second-order valence-corrected chi connectivity index (χ2v) is 10.6. The lowest BCUT2D eigenvalue weighted by Crippen LogP contribution is -2.32. The van der Waals surface area contributed by atoms with E-state index in [-0.39, 0.29) is 4.90 Å². The molecule has 3 rings (SSSR count). The van der Waals surface area contributed by atoms with Crippen LogP contribution in [0.3, 0.4) is 0 Å². The third-order valence-corrected chi connectivity index (χ3v) is 6.80. The van der Waals surface area contributed by atoms with Crippen LogP contribution in [0.1, 0.15) is 58.4 Å². The number of amides is 1. The van der Waals surface area contributed by atoms with E-state index < -0.39 is 46.5 Å². The molecule has 0 saturated carbocycles. The van der Waals surface area contributed by atoms with Gasteiger partial charge in [0, 0.05) is 6.61 Å². The maximum absolute atomic E-state index is 12.3. The van der Waals surface area contributed by atoms with Crippen molar-refractivity contribution in [3.05, 3.63) is 29.8 Å². The summed E-state index contributed by atoms with van der Waals surface area (Å²) in [6, 6.07) is 6.04. The van der Waals surface area contributed by atoms with Crippen molar-refractivity contribution < 1.29 is 37.0 Å². The summed E-state index contributed by atoms with van der Waals surface area (Å²) < 4.78 is 50.0. The third kappa shape index (κ3) is 7.22. The smallest absolute Gasteiger partial charge is 0.350 e. The van der Waals surface area contributed by atoms with Gasteiger partial charge in [-0.2, -0.15) is 0 Å². The highest BCUT2D eigenvalue weighted by atomic mass is 32.2. The molecule has 2 heterocycles. The molecule has 1 aromatic rings. The lowest BCUT2D eigenvalue weighted by molar-refractivity contribution is -0.225. The van der Waals surface area contributed by atoms with E-state index in [0.29, 0.717) is 6.61 Å². The molecular formula is C23H34N2O8S. The predicted octanol–water partition coefficient (Wildman–Crippen LogP) is 3.63. The van der Waals surface area contributed by atoms with Crippen molar-refractivity contribution in [2.45, 2.75) is 95.1 Å². The average Bonchev–Trinajstić information content (AvgIpc) is 3.24. The van der Waals surface area contributed by atoms with Crippen molar-refractivity contribution in [2.75, 3.05) is 6.61 Å². The van der Waals surface area contributed by atoms with Crippen LogP contribution in [0, 0.1) is 6.92 Å². The molecule has 1 amide bonds. The molecule has 2 fully saturated rings. The van der Waals surface area contributed by atoms with Crippen LogP contribution in [-0.4, -0.2) is 57.7 Å². The molecule has 11 heteroatoms. The third-order valence-electron chi connectivity index (χ3n) is 5.47. The number of ether oxygens (including phenoxy) is 4. The molecular weight excluding hydrogens is 464 g/mol. The predicted molar refractivity (Wildman–Crippen MR) is 124 cm³/mol. The van der Waals surface area contributed by atoms with E-state index in [0.717, 1.165) is 18.4 Å². The Hall–Kier alpha value is -2.05. The highest BCUT2D eigenvalue weighted by Gasteiger charge is 2.55. The molecule has 2 aliphatic heterocycles. The fourth-order valence-corrected chi connectivity index (χ4v) is 4.66. The summed E-state index contributed by atoms with van der Waals surface area (Å²) in [4.78, 5) is 16.6. The van der Waals surface area contributed by atoms with Crippen molar-refractivity contribution in [3.63, 3.8) is 0 Å². The molecule has 0 unspecified atom stereocenters. The van der Waals surface area contributed by atoms with Gasteiger partial charge in [-0.3, -0.25) is 4.84 Å². The van der Waals surface area contributed by atoms with Gasteiger partial charge in [0.15, 0.2) is 12.1 Å². The molecule has 0 bridgehead atoms. The Morgan fingerprint density at radius 3 is 2.50 bits per heavy atom. The number of nitrogens with one attached hydrogen (secondary N) is 1. The highest BCUT2D eigenvalue weighted by Crippen LogP contribution is 2.38. The van der Waals surface area contributed by atoms with Crippen LogP contribution in [0.25, 0.3) is 0 Å². The van der Waals surface area contributed by atoms with Crippen LogP contribution in [0.4, 0.5) is 4.79 Å². The molecule has 0 aromatic heterocycles. The first kappa shape index (κ1) is 26.6. The summed E-state index contributed by atoms with van der Waals surface area (Å²) in [5.41, 5.74) is 0.890. The van der Waals surface area contributed by atoms with E-state index >= 15 is 0 Å². The Kier molecular flexibility index (Phi) is 9.05. The topological polar surface area (TPSA) is 122 Å². The van der Waals surface area contributed by atoms with E-state index in [1.165, 1.54) is 37.6 Å². The number of rotatable bonds is 11. The van der Waals surface area contributed by atoms with Crippen molar-refractivity contribution >= 4 is 22.3 Å². The van der Waals surface area contributed by atoms with Gasteiger partial charge in [-0.1, -0.05) is 55.5 Å². The Labute approximate surface area is 201 Å². The molecule has 0 spiro atoms. The van der Waals surface area contributed by atoms with Crippen LogP contribution < -0.4 is 4.72 Å². The summed E-state index contributed by atoms with van der Waals surface area (Å²) in [5.74, 6) is -0.825. The number of carbonyl (C=O) groups excluding carboxylic acids is 1. The number of carbonyl (C=O) groups is 1. The first-order chi connectivity index (χ1) is 16.1. The zero-order valence-electron chi connectivity index (χ0n) is 20.1. The van der Waals surface area contributed by atoms with Crippen molar-refractivity contribution in [1.29, 1.82) is 0 Å². The summed E-state index contributed by atoms with van der Waals surface area (Å²) >= 11 is 0. The average molecular weight is 499 g/mol. The molecule has 1 aromatic carbocycles. The quantitative estimate of drug-likeness (QED) is 0.212. The van der Waals surface area contributed by atoms with Crippen LogP contribution in [-0.2, 0) is 33.8 Å². The first-order valence-corrected chi connectivity index (χ1v) is 13.1. The zero-order valence-corrected chi connectivity index (χ0v) is 20.9. The Balaban J connectivity index is 1.52. The summed E-state index contributed by atoms with van der Waals surface area (Å²) in [6.45, 7) is 8.11. The number of unbranched alkanes of at least 4 members (excludes halogenated alkanes) is 4. The maximum atomic E-state index is 12.3. The minimum Gasteiger partial charge on any atom is -0.350 e. The molecule has 2 saturated heterocycles. The maximum Gasteiger partial charge on any atom is 0.447 e. The van der Waals surface area contributed by atoms with Gasteiger partial charge < -0.3 is 18.9 Å². The van der Waals surface area contributed by atoms with Crippen molar-refractivity contribution in [3.8, 4) is 0 Å². The van der Waals surface area contributed by atoms with Gasteiger partial charge in [-0.15, -0.1) is 0 Å². The second kappa shape index (κ2) is 11.6. The largest absolute Gasteiger partial charge is 0.447 e. The number of hydrogen-bond acceptors (Lipinski definition) is 9. The molecule has 2 aliphatic rings. The molecule has 4 atom stereocenters. The number of aryl methyl sites for hydroxylation is 1. The molecule has 34 heavy (non-hydrogen) atoms. The monoisotopic (exact) mass is 498 g/mol. The Bertz CT molecular complexity index is 948.